The molecule has 2 aromatic carbocycles. The van der Waals surface area contributed by atoms with Crippen molar-refractivity contribution >= 4 is 23.8 Å². The van der Waals surface area contributed by atoms with Crippen LogP contribution in [0.2, 0.25) is 0 Å². The quantitative estimate of drug-likeness (QED) is 0.283. The molecule has 1 atom stereocenters. The number of amidine groups is 1. The molecule has 33 heavy (non-hydrogen) atoms. The number of rotatable bonds is 7. The molecule has 1 fully saturated rings. The number of nitrogens with zero attached hydrogens (tertiary/aromatic N) is 1. The Morgan fingerprint density at radius 1 is 1.06 bits per heavy atom. The van der Waals surface area contributed by atoms with Crippen LogP contribution < -0.4 is 10.7 Å². The molecule has 1 aliphatic heterocycles. The maximum absolute atomic E-state index is 12.3. The van der Waals surface area contributed by atoms with Crippen molar-refractivity contribution in [3.63, 3.8) is 0 Å². The van der Waals surface area contributed by atoms with Crippen molar-refractivity contribution in [3.05, 3.63) is 65.7 Å². The number of amides is 2. The Kier molecular flexibility index (Phi) is 11.5. The molecule has 1 saturated heterocycles. The summed E-state index contributed by atoms with van der Waals surface area (Å²) in [6, 6.07) is 17.7. The lowest BCUT2D eigenvalue weighted by molar-refractivity contribution is -0.155. The van der Waals surface area contributed by atoms with Crippen molar-refractivity contribution in [2.75, 3.05) is 5.32 Å². The van der Waals surface area contributed by atoms with Crippen molar-refractivity contribution in [2.45, 2.75) is 72.8 Å². The monoisotopic (exact) mass is 452 g/mol. The molecular weight excluding hydrogens is 412 g/mol. The van der Waals surface area contributed by atoms with Gasteiger partial charge in [0.25, 0.3) is 5.91 Å². The van der Waals surface area contributed by atoms with Crippen LogP contribution >= 0.6 is 0 Å². The SMILES string of the molecule is CC.CC(C)CC1(C)NN(C(=N)Cc2ccc(NC=O)cc2)C1=O.CC(C)c1ccccc1. The maximum atomic E-state index is 12.3. The van der Waals surface area contributed by atoms with E-state index in [1.165, 1.54) is 10.6 Å². The van der Waals surface area contributed by atoms with E-state index < -0.39 is 5.54 Å². The maximum Gasteiger partial charge on any atom is 0.264 e. The molecule has 3 rings (SSSR count). The van der Waals surface area contributed by atoms with Gasteiger partial charge in [0.15, 0.2) is 0 Å². The average molecular weight is 453 g/mol. The van der Waals surface area contributed by atoms with Gasteiger partial charge < -0.3 is 5.32 Å². The summed E-state index contributed by atoms with van der Waals surface area (Å²) in [6.45, 7) is 14.4. The fraction of sp³-hybridized carbons (Fsp3) is 0.444. The minimum atomic E-state index is -0.557. The first-order valence-electron chi connectivity index (χ1n) is 11.7. The van der Waals surface area contributed by atoms with Crippen LogP contribution in [0.1, 0.15) is 71.9 Å². The van der Waals surface area contributed by atoms with E-state index in [9.17, 15) is 9.59 Å². The van der Waals surface area contributed by atoms with Crippen LogP contribution in [0.3, 0.4) is 0 Å². The molecule has 3 N–H and O–H groups in total. The summed E-state index contributed by atoms with van der Waals surface area (Å²) in [5.41, 5.74) is 5.56. The molecule has 180 valence electrons. The van der Waals surface area contributed by atoms with Crippen molar-refractivity contribution in [3.8, 4) is 0 Å². The Morgan fingerprint density at radius 3 is 2.06 bits per heavy atom. The zero-order valence-corrected chi connectivity index (χ0v) is 21.1. The van der Waals surface area contributed by atoms with Crippen LogP contribution in [-0.4, -0.2) is 28.7 Å². The Labute approximate surface area is 199 Å². The molecule has 1 aliphatic rings. The number of hydrogen-bond donors (Lipinski definition) is 3. The lowest BCUT2D eigenvalue weighted by Gasteiger charge is -2.48. The third kappa shape index (κ3) is 8.46. The van der Waals surface area contributed by atoms with E-state index in [0.29, 0.717) is 30.4 Å². The smallest absolute Gasteiger partial charge is 0.264 e. The normalized spacial score (nSPS) is 16.8. The van der Waals surface area contributed by atoms with E-state index >= 15 is 0 Å². The second kappa shape index (κ2) is 13.5. The zero-order chi connectivity index (χ0) is 25.0. The largest absolute Gasteiger partial charge is 0.329 e. The Morgan fingerprint density at radius 2 is 1.64 bits per heavy atom. The summed E-state index contributed by atoms with van der Waals surface area (Å²) in [5.74, 6) is 1.25. The molecule has 0 spiro atoms. The van der Waals surface area contributed by atoms with Crippen LogP contribution in [0.5, 0.6) is 0 Å². The molecule has 0 radical (unpaired) electrons. The molecule has 1 unspecified atom stereocenters. The lowest BCUT2D eigenvalue weighted by Crippen LogP contribution is -2.76. The topological polar surface area (TPSA) is 85.3 Å². The van der Waals surface area contributed by atoms with Crippen molar-refractivity contribution in [2.24, 2.45) is 5.92 Å². The van der Waals surface area contributed by atoms with Gasteiger partial charge >= 0.3 is 0 Å². The van der Waals surface area contributed by atoms with Gasteiger partial charge in [-0.3, -0.25) is 15.0 Å². The molecule has 2 aromatic rings. The third-order valence-corrected chi connectivity index (χ3v) is 5.14. The number of hydrazine groups is 1. The van der Waals surface area contributed by atoms with Gasteiger partial charge in [0.2, 0.25) is 6.41 Å². The van der Waals surface area contributed by atoms with E-state index in [0.717, 1.165) is 12.0 Å². The summed E-state index contributed by atoms with van der Waals surface area (Å²) >= 11 is 0. The highest BCUT2D eigenvalue weighted by Crippen LogP contribution is 2.27. The molecule has 0 aliphatic carbocycles. The fourth-order valence-electron chi connectivity index (χ4n) is 3.58. The molecule has 2 amide bonds. The molecule has 1 heterocycles. The molecule has 0 saturated carbocycles. The van der Waals surface area contributed by atoms with E-state index in [-0.39, 0.29) is 11.7 Å². The number of carbonyl (C=O) groups excluding carboxylic acids is 2. The van der Waals surface area contributed by atoms with Gasteiger partial charge in [-0.05, 0) is 48.4 Å². The molecule has 6 heteroatoms. The van der Waals surface area contributed by atoms with Gasteiger partial charge in [0.1, 0.15) is 11.4 Å². The number of carbonyl (C=O) groups is 2. The number of hydrogen-bond acceptors (Lipinski definition) is 4. The van der Waals surface area contributed by atoms with Crippen LogP contribution in [0, 0.1) is 11.3 Å². The summed E-state index contributed by atoms with van der Waals surface area (Å²) in [7, 11) is 0. The fourth-order valence-corrected chi connectivity index (χ4v) is 3.58. The second-order valence-corrected chi connectivity index (χ2v) is 8.83. The average Bonchev–Trinajstić information content (AvgIpc) is 2.80. The van der Waals surface area contributed by atoms with Crippen LogP contribution in [0.15, 0.2) is 54.6 Å². The predicted molar refractivity (Wildman–Crippen MR) is 137 cm³/mol. The first kappa shape index (κ1) is 28.0. The van der Waals surface area contributed by atoms with Gasteiger partial charge in [-0.15, -0.1) is 0 Å². The highest BCUT2D eigenvalue weighted by atomic mass is 16.2. The van der Waals surface area contributed by atoms with Gasteiger partial charge in [0, 0.05) is 12.1 Å². The molecule has 0 bridgehead atoms. The van der Waals surface area contributed by atoms with Gasteiger partial charge in [0.05, 0.1) is 0 Å². The molecule has 6 nitrogen and oxygen atoms in total. The van der Waals surface area contributed by atoms with Gasteiger partial charge in [-0.1, -0.05) is 84.0 Å². The van der Waals surface area contributed by atoms with Crippen molar-refractivity contribution in [1.82, 2.24) is 10.4 Å². The summed E-state index contributed by atoms with van der Waals surface area (Å²) in [6.07, 6.45) is 1.73. The van der Waals surface area contributed by atoms with Crippen molar-refractivity contribution in [1.29, 1.82) is 5.41 Å². The minimum absolute atomic E-state index is 0.0505. The highest BCUT2D eigenvalue weighted by Gasteiger charge is 2.49. The number of nitrogens with one attached hydrogen (secondary N) is 3. The zero-order valence-electron chi connectivity index (χ0n) is 21.1. The van der Waals surface area contributed by atoms with Crippen LogP contribution in [0.25, 0.3) is 0 Å². The van der Waals surface area contributed by atoms with E-state index in [2.05, 4.69) is 62.7 Å². The second-order valence-electron chi connectivity index (χ2n) is 8.83. The first-order chi connectivity index (χ1) is 15.7. The Balaban J connectivity index is 0.000000412. The molecular formula is C27H40N4O2. The summed E-state index contributed by atoms with van der Waals surface area (Å²) < 4.78 is 0. The van der Waals surface area contributed by atoms with Crippen LogP contribution in [-0.2, 0) is 16.0 Å². The van der Waals surface area contributed by atoms with E-state index in [1.54, 1.807) is 12.1 Å². The summed E-state index contributed by atoms with van der Waals surface area (Å²) in [4.78, 5) is 22.6. The predicted octanol–water partition coefficient (Wildman–Crippen LogP) is 5.76. The van der Waals surface area contributed by atoms with Crippen molar-refractivity contribution < 1.29 is 9.59 Å². The van der Waals surface area contributed by atoms with Crippen LogP contribution in [0.4, 0.5) is 5.69 Å². The summed E-state index contributed by atoms with van der Waals surface area (Å²) in [5, 5.41) is 12.0. The molecule has 0 aromatic heterocycles. The number of benzene rings is 2. The minimum Gasteiger partial charge on any atom is -0.329 e. The Bertz CT molecular complexity index is 879. The third-order valence-electron chi connectivity index (χ3n) is 5.14. The lowest BCUT2D eigenvalue weighted by atomic mass is 9.87. The van der Waals surface area contributed by atoms with Gasteiger partial charge in [-0.2, -0.15) is 0 Å². The van der Waals surface area contributed by atoms with E-state index in [1.807, 2.05) is 39.0 Å². The Hall–Kier alpha value is -2.99. The standard InChI is InChI=1S/C16H22N4O2.C9H12.C2H6/c1-11(2)9-16(3)15(22)20(19-16)14(17)8-12-4-6-13(7-5-12)18-10-21;1-8(2)9-6-4-3-5-7-9;1-2/h4-7,10-11,17,19H,8-9H2,1-3H3,(H,18,21);3-8H,1-2H3;1-2H3. The van der Waals surface area contributed by atoms with Gasteiger partial charge in [-0.25, -0.2) is 10.4 Å². The number of anilines is 1. The first-order valence-corrected chi connectivity index (χ1v) is 11.7. The highest BCUT2D eigenvalue weighted by molar-refractivity contribution is 6.05. The van der Waals surface area contributed by atoms with E-state index in [4.69, 9.17) is 5.41 Å².